The van der Waals surface area contributed by atoms with Crippen LogP contribution in [0.5, 0.6) is 5.75 Å². The quantitative estimate of drug-likeness (QED) is 0.610. The topological polar surface area (TPSA) is 69.6 Å². The molecule has 1 aliphatic rings. The predicted octanol–water partition coefficient (Wildman–Crippen LogP) is 5.03. The van der Waals surface area contributed by atoms with Crippen molar-refractivity contribution in [1.82, 2.24) is 9.97 Å². The number of rotatable bonds is 5. The first-order valence-corrected chi connectivity index (χ1v) is 10.9. The Kier molecular flexibility index (Phi) is 6.35. The van der Waals surface area contributed by atoms with Gasteiger partial charge in [-0.2, -0.15) is 0 Å². The van der Waals surface area contributed by atoms with Gasteiger partial charge in [0.15, 0.2) is 0 Å². The summed E-state index contributed by atoms with van der Waals surface area (Å²) < 4.78 is 14.8. The predicted molar refractivity (Wildman–Crippen MR) is 124 cm³/mol. The van der Waals surface area contributed by atoms with Crippen LogP contribution in [0.4, 0.5) is 16.0 Å². The molecule has 1 N–H and O–H groups in total. The molecule has 7 heteroatoms. The van der Waals surface area contributed by atoms with Crippen LogP contribution in [-0.2, 0) is 0 Å². The van der Waals surface area contributed by atoms with Gasteiger partial charge in [0.2, 0.25) is 5.95 Å². The van der Waals surface area contributed by atoms with Gasteiger partial charge in [0, 0.05) is 42.6 Å². The van der Waals surface area contributed by atoms with Gasteiger partial charge in [0.25, 0.3) is 5.91 Å². The summed E-state index contributed by atoms with van der Waals surface area (Å²) in [6.45, 7) is 5.44. The lowest BCUT2D eigenvalue weighted by molar-refractivity contribution is 0.0980. The summed E-state index contributed by atoms with van der Waals surface area (Å²) in [6, 6.07) is 12.6. The highest BCUT2D eigenvalue weighted by atomic mass is 19.1. The Morgan fingerprint density at radius 3 is 2.53 bits per heavy atom. The van der Waals surface area contributed by atoms with Crippen LogP contribution in [-0.4, -0.2) is 40.1 Å². The van der Waals surface area contributed by atoms with Crippen molar-refractivity contribution in [2.24, 2.45) is 0 Å². The van der Waals surface area contributed by atoms with Crippen LogP contribution in [0.15, 0.2) is 54.7 Å². The number of phenols is 1. The van der Waals surface area contributed by atoms with Gasteiger partial charge in [-0.3, -0.25) is 4.79 Å². The molecule has 0 aliphatic carbocycles. The van der Waals surface area contributed by atoms with E-state index >= 15 is 0 Å². The summed E-state index contributed by atoms with van der Waals surface area (Å²) in [7, 11) is 0. The number of hydrogen-bond donors (Lipinski definition) is 1. The number of aromatic nitrogens is 2. The smallest absolute Gasteiger partial charge is 0.262 e. The molecular formula is C25H27FN4O2. The SMILES string of the molecule is CC(C)N(C(=O)c1cnc(N2CCCCC2)nc1-c1ccccc1F)c1cccc(O)c1. The molecule has 1 amide bonds. The first-order valence-electron chi connectivity index (χ1n) is 10.9. The van der Waals surface area contributed by atoms with Crippen LogP contribution in [0.3, 0.4) is 0 Å². The number of aromatic hydroxyl groups is 1. The number of benzene rings is 2. The molecule has 6 nitrogen and oxygen atoms in total. The number of nitrogens with zero attached hydrogens (tertiary/aromatic N) is 4. The fourth-order valence-corrected chi connectivity index (χ4v) is 4.06. The molecule has 0 radical (unpaired) electrons. The number of hydrogen-bond acceptors (Lipinski definition) is 5. The average molecular weight is 435 g/mol. The molecule has 0 spiro atoms. The van der Waals surface area contributed by atoms with Gasteiger partial charge in [-0.1, -0.05) is 18.2 Å². The summed E-state index contributed by atoms with van der Waals surface area (Å²) in [5.74, 6) is -0.229. The second-order valence-electron chi connectivity index (χ2n) is 8.25. The minimum Gasteiger partial charge on any atom is -0.508 e. The van der Waals surface area contributed by atoms with Crippen molar-refractivity contribution in [3.8, 4) is 17.0 Å². The molecule has 0 saturated carbocycles. The Morgan fingerprint density at radius 2 is 1.84 bits per heavy atom. The Morgan fingerprint density at radius 1 is 1.09 bits per heavy atom. The Labute approximate surface area is 187 Å². The Hall–Kier alpha value is -3.48. The third kappa shape index (κ3) is 4.42. The first kappa shape index (κ1) is 21.7. The van der Waals surface area contributed by atoms with E-state index in [0.29, 0.717) is 11.6 Å². The fraction of sp³-hybridized carbons (Fsp3) is 0.320. The van der Waals surface area contributed by atoms with Gasteiger partial charge in [-0.25, -0.2) is 14.4 Å². The van der Waals surface area contributed by atoms with Gasteiger partial charge in [-0.15, -0.1) is 0 Å². The number of carbonyl (C=O) groups is 1. The van der Waals surface area contributed by atoms with Gasteiger partial charge in [-0.05, 0) is 57.4 Å². The summed E-state index contributed by atoms with van der Waals surface area (Å²) >= 11 is 0. The van der Waals surface area contributed by atoms with E-state index in [1.54, 1.807) is 41.3 Å². The van der Waals surface area contributed by atoms with Crippen molar-refractivity contribution in [3.63, 3.8) is 0 Å². The molecule has 0 atom stereocenters. The molecule has 2 aromatic carbocycles. The summed E-state index contributed by atoms with van der Waals surface area (Å²) in [4.78, 5) is 26.5. The largest absolute Gasteiger partial charge is 0.508 e. The number of piperidine rings is 1. The molecule has 2 heterocycles. The molecule has 166 valence electrons. The maximum Gasteiger partial charge on any atom is 0.262 e. The number of halogens is 1. The molecule has 1 aromatic heterocycles. The number of anilines is 2. The standard InChI is InChI=1S/C25H27FN4O2/c1-17(2)30(18-9-8-10-19(31)15-18)24(32)21-16-27-25(29-13-6-3-7-14-29)28-23(21)20-11-4-5-12-22(20)26/h4-5,8-12,15-17,31H,3,6-7,13-14H2,1-2H3. The molecule has 1 saturated heterocycles. The van der Waals surface area contributed by atoms with Gasteiger partial charge >= 0.3 is 0 Å². The molecule has 0 bridgehead atoms. The van der Waals surface area contributed by atoms with Crippen LogP contribution in [0.25, 0.3) is 11.3 Å². The monoisotopic (exact) mass is 434 g/mol. The van der Waals surface area contributed by atoms with E-state index < -0.39 is 5.82 Å². The molecule has 3 aromatic rings. The van der Waals surface area contributed by atoms with Crippen molar-refractivity contribution in [2.75, 3.05) is 22.9 Å². The fourth-order valence-electron chi connectivity index (χ4n) is 4.06. The number of phenolic OH excluding ortho intramolecular Hbond substituents is 1. The summed E-state index contributed by atoms with van der Waals surface area (Å²) in [5, 5.41) is 9.93. The zero-order chi connectivity index (χ0) is 22.7. The second kappa shape index (κ2) is 9.34. The number of amides is 1. The summed E-state index contributed by atoms with van der Waals surface area (Å²) in [5.41, 5.74) is 1.29. The second-order valence-corrected chi connectivity index (χ2v) is 8.25. The zero-order valence-electron chi connectivity index (χ0n) is 18.3. The van der Waals surface area contributed by atoms with Crippen LogP contribution >= 0.6 is 0 Å². The first-order chi connectivity index (χ1) is 15.5. The molecule has 0 unspecified atom stereocenters. The van der Waals surface area contributed by atoms with E-state index in [1.165, 1.54) is 24.8 Å². The lowest BCUT2D eigenvalue weighted by Crippen LogP contribution is -2.38. The van der Waals surface area contributed by atoms with E-state index in [9.17, 15) is 14.3 Å². The van der Waals surface area contributed by atoms with E-state index in [4.69, 9.17) is 0 Å². The van der Waals surface area contributed by atoms with Crippen molar-refractivity contribution in [3.05, 3.63) is 66.1 Å². The molecule has 32 heavy (non-hydrogen) atoms. The van der Waals surface area contributed by atoms with Crippen molar-refractivity contribution in [1.29, 1.82) is 0 Å². The van der Waals surface area contributed by atoms with Crippen LogP contribution in [0.1, 0.15) is 43.5 Å². The third-order valence-corrected chi connectivity index (χ3v) is 5.62. The highest BCUT2D eigenvalue weighted by Crippen LogP contribution is 2.30. The minimum absolute atomic E-state index is 0.0620. The van der Waals surface area contributed by atoms with Gasteiger partial charge in [0.05, 0.1) is 11.3 Å². The maximum absolute atomic E-state index is 14.8. The van der Waals surface area contributed by atoms with Crippen molar-refractivity contribution < 1.29 is 14.3 Å². The van der Waals surface area contributed by atoms with E-state index in [2.05, 4.69) is 14.9 Å². The number of carbonyl (C=O) groups excluding carboxylic acids is 1. The maximum atomic E-state index is 14.8. The van der Waals surface area contributed by atoms with E-state index in [1.807, 2.05) is 13.8 Å². The van der Waals surface area contributed by atoms with Crippen molar-refractivity contribution in [2.45, 2.75) is 39.2 Å². The van der Waals surface area contributed by atoms with E-state index in [-0.39, 0.29) is 34.5 Å². The third-order valence-electron chi connectivity index (χ3n) is 5.62. The summed E-state index contributed by atoms with van der Waals surface area (Å²) in [6.07, 6.45) is 4.77. The Bertz CT molecular complexity index is 1110. The van der Waals surface area contributed by atoms with Crippen LogP contribution < -0.4 is 9.80 Å². The van der Waals surface area contributed by atoms with Crippen molar-refractivity contribution >= 4 is 17.5 Å². The average Bonchev–Trinajstić information content (AvgIpc) is 2.79. The van der Waals surface area contributed by atoms with Crippen LogP contribution in [0, 0.1) is 5.82 Å². The molecule has 4 rings (SSSR count). The Balaban J connectivity index is 1.83. The molecule has 1 aliphatic heterocycles. The van der Waals surface area contributed by atoms with E-state index in [0.717, 1.165) is 25.9 Å². The van der Waals surface area contributed by atoms with Crippen LogP contribution in [0.2, 0.25) is 0 Å². The lowest BCUT2D eigenvalue weighted by Gasteiger charge is -2.29. The normalized spacial score (nSPS) is 13.9. The van der Waals surface area contributed by atoms with Gasteiger partial charge in [0.1, 0.15) is 11.6 Å². The minimum atomic E-state index is -0.446. The van der Waals surface area contributed by atoms with Gasteiger partial charge < -0.3 is 14.9 Å². The molecule has 1 fully saturated rings. The molecular weight excluding hydrogens is 407 g/mol. The zero-order valence-corrected chi connectivity index (χ0v) is 18.3. The highest BCUT2D eigenvalue weighted by molar-refractivity contribution is 6.10. The lowest BCUT2D eigenvalue weighted by atomic mass is 10.0. The highest BCUT2D eigenvalue weighted by Gasteiger charge is 2.27.